The molecule has 0 saturated carbocycles. The fraction of sp³-hybridized carbons (Fsp3) is 0.227. The molecule has 3 rings (SSSR count). The number of pyridine rings is 1. The third-order valence-corrected chi connectivity index (χ3v) is 4.55. The van der Waals surface area contributed by atoms with Crippen molar-refractivity contribution in [2.24, 2.45) is 0 Å². The van der Waals surface area contributed by atoms with Crippen LogP contribution in [0.15, 0.2) is 72.9 Å². The summed E-state index contributed by atoms with van der Waals surface area (Å²) in [4.78, 5) is 4.13. The van der Waals surface area contributed by atoms with E-state index < -0.39 is 6.10 Å². The molecule has 1 heterocycles. The van der Waals surface area contributed by atoms with Gasteiger partial charge >= 0.3 is 0 Å². The Morgan fingerprint density at radius 1 is 1.00 bits per heavy atom. The van der Waals surface area contributed by atoms with Crippen molar-refractivity contribution in [2.75, 3.05) is 13.2 Å². The third kappa shape index (κ3) is 8.11. The molecule has 30 heavy (non-hydrogen) atoms. The summed E-state index contributed by atoms with van der Waals surface area (Å²) < 4.78 is 5.68. The molecule has 0 spiro atoms. The van der Waals surface area contributed by atoms with Crippen molar-refractivity contribution in [1.29, 1.82) is 0 Å². The average Bonchev–Trinajstić information content (AvgIpc) is 2.73. The van der Waals surface area contributed by atoms with Crippen molar-refractivity contribution in [1.82, 2.24) is 10.3 Å². The molecule has 3 aromatic rings. The third-order valence-electron chi connectivity index (χ3n) is 4.32. The average molecular weight is 472 g/mol. The van der Waals surface area contributed by atoms with E-state index in [-0.39, 0.29) is 37.5 Å². The largest absolute Gasteiger partial charge is 0.439 e. The molecule has 3 N–H and O–H groups in total. The highest BCUT2D eigenvalue weighted by Crippen LogP contribution is 2.20. The second kappa shape index (κ2) is 13.4. The number of aliphatic hydroxyl groups excluding tert-OH is 2. The lowest BCUT2D eigenvalue weighted by Gasteiger charge is -2.19. The first kappa shape index (κ1) is 26.2. The van der Waals surface area contributed by atoms with E-state index in [0.717, 1.165) is 11.1 Å². The summed E-state index contributed by atoms with van der Waals surface area (Å²) in [6.07, 6.45) is 1.61. The van der Waals surface area contributed by atoms with Crippen LogP contribution >= 0.6 is 36.4 Å². The predicted octanol–water partition coefficient (Wildman–Crippen LogP) is 4.60. The van der Waals surface area contributed by atoms with E-state index in [4.69, 9.17) is 16.3 Å². The lowest BCUT2D eigenvalue weighted by molar-refractivity contribution is 0.158. The Morgan fingerprint density at radius 3 is 2.40 bits per heavy atom. The van der Waals surface area contributed by atoms with Gasteiger partial charge in [-0.2, -0.15) is 0 Å². The normalized spacial score (nSPS) is 12.2. The minimum absolute atomic E-state index is 0. The van der Waals surface area contributed by atoms with Crippen LogP contribution < -0.4 is 10.1 Å². The minimum atomic E-state index is -0.693. The standard InChI is InChI=1S/C22H23ClN2O3.2ClH/c23-18-5-3-4-17(13-18)21(27)14-25-19(15-26)12-16-7-9-20(10-8-16)28-22-6-1-2-11-24-22;;/h1-11,13,19,21,25-27H,12,14-15H2;2*1H/t19-,21-;;/m0../s1. The Balaban J connectivity index is 0.00000225. The van der Waals surface area contributed by atoms with Gasteiger partial charge in [0.05, 0.1) is 12.7 Å². The molecule has 0 radical (unpaired) electrons. The van der Waals surface area contributed by atoms with Gasteiger partial charge in [-0.15, -0.1) is 24.8 Å². The van der Waals surface area contributed by atoms with Gasteiger partial charge < -0.3 is 20.3 Å². The maximum atomic E-state index is 10.3. The molecule has 2 atom stereocenters. The highest BCUT2D eigenvalue weighted by Gasteiger charge is 2.13. The van der Waals surface area contributed by atoms with E-state index in [1.165, 1.54) is 0 Å². The Morgan fingerprint density at radius 2 is 1.77 bits per heavy atom. The molecule has 2 aromatic carbocycles. The highest BCUT2D eigenvalue weighted by molar-refractivity contribution is 6.30. The Hall–Kier alpha value is -1.86. The zero-order chi connectivity index (χ0) is 19.8. The topological polar surface area (TPSA) is 74.6 Å². The maximum absolute atomic E-state index is 10.3. The summed E-state index contributed by atoms with van der Waals surface area (Å²) in [6.45, 7) is 0.293. The van der Waals surface area contributed by atoms with Gasteiger partial charge in [0.1, 0.15) is 5.75 Å². The van der Waals surface area contributed by atoms with Crippen molar-refractivity contribution in [3.63, 3.8) is 0 Å². The molecule has 8 heteroatoms. The Bertz CT molecular complexity index is 867. The molecule has 0 unspecified atom stereocenters. The SMILES string of the molecule is Cl.Cl.OC[C@H](Cc1ccc(Oc2ccccn2)cc1)NC[C@H](O)c1cccc(Cl)c1. The van der Waals surface area contributed by atoms with Crippen molar-refractivity contribution in [3.8, 4) is 11.6 Å². The molecule has 0 aliphatic carbocycles. The van der Waals surface area contributed by atoms with E-state index in [1.807, 2.05) is 42.5 Å². The molecule has 162 valence electrons. The summed E-state index contributed by atoms with van der Waals surface area (Å²) in [5.74, 6) is 1.24. The maximum Gasteiger partial charge on any atom is 0.219 e. The fourth-order valence-corrected chi connectivity index (χ4v) is 3.02. The number of rotatable bonds is 9. The van der Waals surface area contributed by atoms with Crippen LogP contribution in [0, 0.1) is 0 Å². The molecule has 0 bridgehead atoms. The minimum Gasteiger partial charge on any atom is -0.439 e. The van der Waals surface area contributed by atoms with Crippen molar-refractivity contribution in [3.05, 3.63) is 89.1 Å². The molecule has 1 aromatic heterocycles. The van der Waals surface area contributed by atoms with E-state index in [2.05, 4.69) is 10.3 Å². The van der Waals surface area contributed by atoms with Gasteiger partial charge in [0, 0.05) is 29.9 Å². The second-order valence-electron chi connectivity index (χ2n) is 6.48. The smallest absolute Gasteiger partial charge is 0.219 e. The molecular weight excluding hydrogens is 447 g/mol. The number of halogens is 3. The van der Waals surface area contributed by atoms with Gasteiger partial charge in [0.25, 0.3) is 0 Å². The summed E-state index contributed by atoms with van der Waals surface area (Å²) in [6, 6.07) is 20.1. The van der Waals surface area contributed by atoms with Gasteiger partial charge in [0.15, 0.2) is 0 Å². The van der Waals surface area contributed by atoms with Crippen molar-refractivity contribution < 1.29 is 14.9 Å². The summed E-state index contributed by atoms with van der Waals surface area (Å²) >= 11 is 5.96. The summed E-state index contributed by atoms with van der Waals surface area (Å²) in [5, 5.41) is 23.8. The Labute approximate surface area is 193 Å². The lowest BCUT2D eigenvalue weighted by Crippen LogP contribution is -2.37. The molecular formula is C22H25Cl3N2O3. The first-order valence-electron chi connectivity index (χ1n) is 9.09. The van der Waals surface area contributed by atoms with Crippen LogP contribution in [0.1, 0.15) is 17.2 Å². The number of nitrogens with one attached hydrogen (secondary N) is 1. The first-order valence-corrected chi connectivity index (χ1v) is 9.47. The number of ether oxygens (including phenoxy) is 1. The molecule has 0 saturated heterocycles. The van der Waals surface area contributed by atoms with Crippen molar-refractivity contribution >= 4 is 36.4 Å². The number of nitrogens with zero attached hydrogens (tertiary/aromatic N) is 1. The van der Waals surface area contributed by atoms with Crippen LogP contribution in [0.3, 0.4) is 0 Å². The zero-order valence-electron chi connectivity index (χ0n) is 16.1. The molecule has 0 fully saturated rings. The van der Waals surface area contributed by atoms with Gasteiger partial charge in [-0.25, -0.2) is 4.98 Å². The second-order valence-corrected chi connectivity index (χ2v) is 6.91. The monoisotopic (exact) mass is 470 g/mol. The van der Waals surface area contributed by atoms with Crippen LogP contribution in [-0.2, 0) is 6.42 Å². The van der Waals surface area contributed by atoms with Crippen LogP contribution in [0.5, 0.6) is 11.6 Å². The quantitative estimate of drug-likeness (QED) is 0.425. The predicted molar refractivity (Wildman–Crippen MR) is 124 cm³/mol. The van der Waals surface area contributed by atoms with Crippen LogP contribution in [-0.4, -0.2) is 34.4 Å². The molecule has 0 aliphatic heterocycles. The van der Waals surface area contributed by atoms with E-state index in [0.29, 0.717) is 29.6 Å². The summed E-state index contributed by atoms with van der Waals surface area (Å²) in [7, 11) is 0. The van der Waals surface area contributed by atoms with Crippen LogP contribution in [0.2, 0.25) is 5.02 Å². The number of aromatic nitrogens is 1. The van der Waals surface area contributed by atoms with E-state index in [9.17, 15) is 10.2 Å². The van der Waals surface area contributed by atoms with E-state index in [1.54, 1.807) is 30.5 Å². The lowest BCUT2D eigenvalue weighted by atomic mass is 10.1. The van der Waals surface area contributed by atoms with Crippen LogP contribution in [0.4, 0.5) is 0 Å². The van der Waals surface area contributed by atoms with E-state index >= 15 is 0 Å². The number of hydrogen-bond donors (Lipinski definition) is 3. The van der Waals surface area contributed by atoms with Gasteiger partial charge in [-0.3, -0.25) is 0 Å². The van der Waals surface area contributed by atoms with Gasteiger partial charge in [-0.1, -0.05) is 41.9 Å². The molecule has 0 aliphatic rings. The van der Waals surface area contributed by atoms with Gasteiger partial charge in [0.2, 0.25) is 5.88 Å². The highest BCUT2D eigenvalue weighted by atomic mass is 35.5. The molecule has 0 amide bonds. The number of hydrogen-bond acceptors (Lipinski definition) is 5. The Kier molecular flexibility index (Phi) is 11.7. The van der Waals surface area contributed by atoms with Crippen LogP contribution in [0.25, 0.3) is 0 Å². The first-order chi connectivity index (χ1) is 13.6. The number of benzene rings is 2. The number of aliphatic hydroxyl groups is 2. The molecule has 5 nitrogen and oxygen atoms in total. The summed E-state index contributed by atoms with van der Waals surface area (Å²) in [5.41, 5.74) is 1.80. The van der Waals surface area contributed by atoms with Crippen molar-refractivity contribution in [2.45, 2.75) is 18.6 Å². The zero-order valence-corrected chi connectivity index (χ0v) is 18.5. The van der Waals surface area contributed by atoms with Gasteiger partial charge in [-0.05, 0) is 47.9 Å². The fourth-order valence-electron chi connectivity index (χ4n) is 2.82.